The van der Waals surface area contributed by atoms with Gasteiger partial charge in [0.1, 0.15) is 19.0 Å². The molecule has 2 aliphatic heterocycles. The van der Waals surface area contributed by atoms with Crippen molar-refractivity contribution in [3.63, 3.8) is 0 Å². The molecule has 1 aliphatic carbocycles. The standard InChI is InChI=1S/C22H17FN2O4.C9H11NO2.C3H8.2C2H6/c1-9-10-3-2-4-11-13-7-25-17(19(13)24-16(18(10)11)6-15(9)23)5-12-14(21(25)27)8-29-22(28)20(12)26;1-7-2-4-8(5-3-7)6-12-9(10)11;1-3-2;2*1-2/h5-6,20,26H,2-4,7-8H2,1H3;2-5H,6H2,1H3,(H2,10,11);3H2,1-2H3;2*1-2H3. The molecule has 2 aromatic carbocycles. The first-order valence-corrected chi connectivity index (χ1v) is 16.8. The van der Waals surface area contributed by atoms with Gasteiger partial charge in [-0.15, -0.1) is 0 Å². The predicted octanol–water partition coefficient (Wildman–Crippen LogP) is 7.51. The van der Waals surface area contributed by atoms with Gasteiger partial charge in [0, 0.05) is 22.6 Å². The first-order chi connectivity index (χ1) is 23.0. The lowest BCUT2D eigenvalue weighted by Gasteiger charge is -2.22. The third-order valence-corrected chi connectivity index (χ3v) is 8.04. The fourth-order valence-electron chi connectivity index (χ4n) is 5.90. The zero-order valence-electron chi connectivity index (χ0n) is 29.3. The Balaban J connectivity index is 0.000000276. The number of fused-ring (bicyclic) bond motifs is 5. The molecule has 0 bridgehead atoms. The Morgan fingerprint density at radius 1 is 1.02 bits per heavy atom. The molecule has 1 unspecified atom stereocenters. The summed E-state index contributed by atoms with van der Waals surface area (Å²) in [7, 11) is 0. The van der Waals surface area contributed by atoms with E-state index in [4.69, 9.17) is 15.5 Å². The molecule has 48 heavy (non-hydrogen) atoms. The Morgan fingerprint density at radius 3 is 2.27 bits per heavy atom. The number of nitrogens with two attached hydrogens (primary N) is 1. The number of halogens is 1. The van der Waals surface area contributed by atoms with Gasteiger partial charge < -0.3 is 24.9 Å². The van der Waals surface area contributed by atoms with Crippen LogP contribution < -0.4 is 11.3 Å². The zero-order valence-corrected chi connectivity index (χ0v) is 29.3. The average Bonchev–Trinajstić information content (AvgIpc) is 3.46. The van der Waals surface area contributed by atoms with Gasteiger partial charge in [-0.2, -0.15) is 0 Å². The number of pyridine rings is 2. The summed E-state index contributed by atoms with van der Waals surface area (Å²) in [5, 5.41) is 11.2. The van der Waals surface area contributed by atoms with E-state index in [1.54, 1.807) is 17.6 Å². The molecule has 3 N–H and O–H groups in total. The van der Waals surface area contributed by atoms with E-state index in [-0.39, 0.29) is 30.2 Å². The second-order valence-corrected chi connectivity index (χ2v) is 11.3. The number of ether oxygens (including phenoxy) is 2. The number of aliphatic hydroxyl groups excluding tert-OH is 1. The highest BCUT2D eigenvalue weighted by Crippen LogP contribution is 2.42. The SMILES string of the molecule is CC.CC.CCC.Cc1c(F)cc2nc3c(c4c2c1CCC4)Cn1c-3cc2c(c1=O)COC(=O)C2O.Cc1ccc(COC(N)=O)cc1. The first-order valence-electron chi connectivity index (χ1n) is 16.8. The van der Waals surface area contributed by atoms with Crippen LogP contribution in [-0.4, -0.2) is 26.7 Å². The number of hydrogen-bond acceptors (Lipinski definition) is 7. The molecule has 258 valence electrons. The summed E-state index contributed by atoms with van der Waals surface area (Å²) < 4.78 is 25.7. The van der Waals surface area contributed by atoms with Crippen LogP contribution in [0.15, 0.2) is 41.2 Å². The average molecular weight is 662 g/mol. The van der Waals surface area contributed by atoms with E-state index >= 15 is 0 Å². The highest BCUT2D eigenvalue weighted by atomic mass is 19.1. The van der Waals surface area contributed by atoms with Gasteiger partial charge in [0.2, 0.25) is 0 Å². The number of rotatable bonds is 2. The van der Waals surface area contributed by atoms with Gasteiger partial charge in [0.15, 0.2) is 6.10 Å². The number of carbonyl (C=O) groups excluding carboxylic acids is 2. The van der Waals surface area contributed by atoms with Crippen molar-refractivity contribution in [3.05, 3.63) is 97.1 Å². The normalized spacial score (nSPS) is 14.5. The molecule has 0 saturated heterocycles. The number of esters is 1. The summed E-state index contributed by atoms with van der Waals surface area (Å²) >= 11 is 0. The van der Waals surface area contributed by atoms with Gasteiger partial charge in [-0.25, -0.2) is 19.0 Å². The molecule has 1 amide bonds. The van der Waals surface area contributed by atoms with E-state index in [1.807, 2.05) is 58.9 Å². The van der Waals surface area contributed by atoms with Crippen molar-refractivity contribution in [1.82, 2.24) is 9.55 Å². The minimum Gasteiger partial charge on any atom is -0.458 e. The highest BCUT2D eigenvalue weighted by molar-refractivity contribution is 5.92. The monoisotopic (exact) mass is 661 g/mol. The number of cyclic esters (lactones) is 1. The third-order valence-electron chi connectivity index (χ3n) is 8.04. The Hall–Kier alpha value is -4.57. The molecule has 0 radical (unpaired) electrons. The number of carbonyl (C=O) groups is 2. The van der Waals surface area contributed by atoms with Gasteiger partial charge in [-0.3, -0.25) is 4.79 Å². The Bertz CT molecular complexity index is 1830. The molecule has 4 aromatic rings. The molecule has 10 heteroatoms. The van der Waals surface area contributed by atoms with Crippen LogP contribution >= 0.6 is 0 Å². The Labute approximate surface area is 281 Å². The fourth-order valence-corrected chi connectivity index (χ4v) is 5.90. The molecule has 0 spiro atoms. The topological polar surface area (TPSA) is 134 Å². The summed E-state index contributed by atoms with van der Waals surface area (Å²) in [6, 6.07) is 10.8. The van der Waals surface area contributed by atoms with Crippen LogP contribution in [0.2, 0.25) is 0 Å². The third kappa shape index (κ3) is 7.76. The molecular formula is C38H48FN3O6. The smallest absolute Gasteiger partial charge is 0.404 e. The lowest BCUT2D eigenvalue weighted by Crippen LogP contribution is -2.32. The van der Waals surface area contributed by atoms with E-state index in [0.717, 1.165) is 46.9 Å². The van der Waals surface area contributed by atoms with Crippen molar-refractivity contribution in [2.24, 2.45) is 5.73 Å². The fraction of sp³-hybridized carbons (Fsp3) is 0.421. The largest absolute Gasteiger partial charge is 0.458 e. The van der Waals surface area contributed by atoms with E-state index in [9.17, 15) is 23.9 Å². The van der Waals surface area contributed by atoms with Crippen molar-refractivity contribution in [2.75, 3.05) is 0 Å². The number of amides is 1. The van der Waals surface area contributed by atoms with Gasteiger partial charge in [0.05, 0.1) is 29.0 Å². The second kappa shape index (κ2) is 17.0. The maximum absolute atomic E-state index is 14.5. The van der Waals surface area contributed by atoms with E-state index in [1.165, 1.54) is 18.1 Å². The Kier molecular flexibility index (Phi) is 13.4. The van der Waals surface area contributed by atoms with E-state index in [0.29, 0.717) is 34.6 Å². The van der Waals surface area contributed by atoms with Crippen molar-refractivity contribution in [2.45, 2.75) is 107 Å². The minimum atomic E-state index is -1.48. The quantitative estimate of drug-likeness (QED) is 0.187. The van der Waals surface area contributed by atoms with Gasteiger partial charge in [-0.05, 0) is 61.4 Å². The first kappa shape index (κ1) is 37.9. The van der Waals surface area contributed by atoms with Crippen LogP contribution in [0.1, 0.15) is 105 Å². The molecule has 1 atom stereocenters. The zero-order chi connectivity index (χ0) is 35.7. The van der Waals surface area contributed by atoms with Crippen LogP contribution in [0, 0.1) is 19.7 Å². The lowest BCUT2D eigenvalue weighted by molar-refractivity contribution is -0.157. The van der Waals surface area contributed by atoms with Gasteiger partial charge in [0.25, 0.3) is 5.56 Å². The van der Waals surface area contributed by atoms with Crippen molar-refractivity contribution < 1.29 is 28.6 Å². The molecule has 9 nitrogen and oxygen atoms in total. The van der Waals surface area contributed by atoms with Gasteiger partial charge in [-0.1, -0.05) is 77.8 Å². The van der Waals surface area contributed by atoms with E-state index < -0.39 is 18.2 Å². The van der Waals surface area contributed by atoms with E-state index in [2.05, 4.69) is 18.6 Å². The summed E-state index contributed by atoms with van der Waals surface area (Å²) in [5.41, 5.74) is 12.8. The lowest BCUT2D eigenvalue weighted by atomic mass is 9.85. The van der Waals surface area contributed by atoms with Crippen LogP contribution in [0.3, 0.4) is 0 Å². The number of aliphatic hydroxyl groups is 1. The second-order valence-electron chi connectivity index (χ2n) is 11.3. The number of hydrogen-bond donors (Lipinski definition) is 2. The summed E-state index contributed by atoms with van der Waals surface area (Å²) in [6.45, 7) is 16.5. The maximum Gasteiger partial charge on any atom is 0.404 e. The molecule has 2 aromatic heterocycles. The van der Waals surface area contributed by atoms with Crippen LogP contribution in [0.5, 0.6) is 0 Å². The Morgan fingerprint density at radius 2 is 1.65 bits per heavy atom. The van der Waals surface area contributed by atoms with Crippen LogP contribution in [-0.2, 0) is 46.9 Å². The number of primary amides is 1. The summed E-state index contributed by atoms with van der Waals surface area (Å²) in [6.07, 6.45) is 1.63. The molecule has 0 fully saturated rings. The van der Waals surface area contributed by atoms with Crippen molar-refractivity contribution in [3.8, 4) is 11.4 Å². The maximum atomic E-state index is 14.5. The number of benzene rings is 2. The molecule has 0 saturated carbocycles. The minimum absolute atomic E-state index is 0.141. The highest BCUT2D eigenvalue weighted by Gasteiger charge is 2.35. The summed E-state index contributed by atoms with van der Waals surface area (Å²) in [4.78, 5) is 39.8. The number of aryl methyl sites for hydroxylation is 3. The molecule has 3 aliphatic rings. The van der Waals surface area contributed by atoms with Crippen LogP contribution in [0.25, 0.3) is 22.3 Å². The van der Waals surface area contributed by atoms with Crippen molar-refractivity contribution >= 4 is 23.0 Å². The van der Waals surface area contributed by atoms with Crippen molar-refractivity contribution in [1.29, 1.82) is 0 Å². The van der Waals surface area contributed by atoms with Gasteiger partial charge >= 0.3 is 12.1 Å². The predicted molar refractivity (Wildman–Crippen MR) is 186 cm³/mol. The molecular weight excluding hydrogens is 613 g/mol. The number of nitrogens with zero attached hydrogens (tertiary/aromatic N) is 2. The van der Waals surface area contributed by atoms with Crippen LogP contribution in [0.4, 0.5) is 9.18 Å². The summed E-state index contributed by atoms with van der Waals surface area (Å²) in [5.74, 6) is -1.03. The number of aromatic nitrogens is 2. The molecule has 4 heterocycles. The molecule has 7 rings (SSSR count).